The molecule has 0 saturated carbocycles. The number of ether oxygens (including phenoxy) is 1. The van der Waals surface area contributed by atoms with Crippen molar-refractivity contribution in [2.24, 2.45) is 0 Å². The van der Waals surface area contributed by atoms with E-state index in [1.165, 1.54) is 0 Å². The van der Waals surface area contributed by atoms with Crippen molar-refractivity contribution in [3.63, 3.8) is 0 Å². The second-order valence-corrected chi connectivity index (χ2v) is 5.00. The van der Waals surface area contributed by atoms with Crippen molar-refractivity contribution in [3.05, 3.63) is 53.7 Å². The number of aromatic nitrogens is 1. The van der Waals surface area contributed by atoms with Crippen LogP contribution in [0.25, 0.3) is 0 Å². The molecule has 1 aliphatic heterocycles. The molecule has 0 unspecified atom stereocenters. The summed E-state index contributed by atoms with van der Waals surface area (Å²) in [6.45, 7) is 2.12. The maximum absolute atomic E-state index is 12.4. The molecule has 0 N–H and O–H groups in total. The molecule has 0 radical (unpaired) electrons. The number of hydrogen-bond acceptors (Lipinski definition) is 4. The largest absolute Gasteiger partial charge is 0.466 e. The molecule has 0 aliphatic carbocycles. The predicted molar refractivity (Wildman–Crippen MR) is 81.9 cm³/mol. The van der Waals surface area contributed by atoms with Gasteiger partial charge in [0.15, 0.2) is 0 Å². The lowest BCUT2D eigenvalue weighted by molar-refractivity contribution is -0.142. The van der Waals surface area contributed by atoms with Crippen molar-refractivity contribution in [2.45, 2.75) is 19.8 Å². The smallest absolute Gasteiger partial charge is 0.310 e. The zero-order valence-corrected chi connectivity index (χ0v) is 12.3. The first-order valence-corrected chi connectivity index (χ1v) is 7.21. The molecule has 1 aliphatic rings. The predicted octanol–water partition coefficient (Wildman–Crippen LogP) is 2.41. The van der Waals surface area contributed by atoms with E-state index in [0.29, 0.717) is 18.8 Å². The first-order valence-electron chi connectivity index (χ1n) is 7.21. The molecule has 5 heteroatoms. The van der Waals surface area contributed by atoms with E-state index in [1.54, 1.807) is 30.2 Å². The van der Waals surface area contributed by atoms with Gasteiger partial charge >= 0.3 is 5.97 Å². The average Bonchev–Trinajstić information content (AvgIpc) is 2.85. The normalized spacial score (nSPS) is 13.1. The summed E-state index contributed by atoms with van der Waals surface area (Å²) >= 11 is 0. The van der Waals surface area contributed by atoms with Gasteiger partial charge in [0, 0.05) is 6.20 Å². The molecule has 0 saturated heterocycles. The molecule has 0 atom stereocenters. The highest BCUT2D eigenvalue weighted by Crippen LogP contribution is 2.37. The quantitative estimate of drug-likeness (QED) is 0.813. The van der Waals surface area contributed by atoms with Crippen LogP contribution in [0.5, 0.6) is 0 Å². The number of rotatable bonds is 4. The Morgan fingerprint density at radius 1 is 1.27 bits per heavy atom. The number of carbonyl (C=O) groups is 2. The Balaban J connectivity index is 2.02. The lowest BCUT2D eigenvalue weighted by Gasteiger charge is -2.19. The van der Waals surface area contributed by atoms with Gasteiger partial charge in [-0.15, -0.1) is 0 Å². The van der Waals surface area contributed by atoms with Crippen LogP contribution in [0.15, 0.2) is 42.6 Å². The highest BCUT2D eigenvalue weighted by atomic mass is 16.5. The van der Waals surface area contributed by atoms with Gasteiger partial charge in [0.1, 0.15) is 5.82 Å². The number of amides is 1. The third-order valence-electron chi connectivity index (χ3n) is 3.54. The van der Waals surface area contributed by atoms with Crippen LogP contribution < -0.4 is 4.90 Å². The molecule has 5 nitrogen and oxygen atoms in total. The zero-order chi connectivity index (χ0) is 15.5. The summed E-state index contributed by atoms with van der Waals surface area (Å²) in [6, 6.07) is 11.0. The summed E-state index contributed by atoms with van der Waals surface area (Å²) in [5, 5.41) is 0. The van der Waals surface area contributed by atoms with Gasteiger partial charge in [0.05, 0.1) is 25.1 Å². The van der Waals surface area contributed by atoms with Crippen LogP contribution >= 0.6 is 0 Å². The number of anilines is 2. The zero-order valence-electron chi connectivity index (χ0n) is 12.3. The molecule has 3 rings (SSSR count). The third-order valence-corrected chi connectivity index (χ3v) is 3.54. The monoisotopic (exact) mass is 296 g/mol. The Morgan fingerprint density at radius 3 is 2.86 bits per heavy atom. The van der Waals surface area contributed by atoms with E-state index in [1.807, 2.05) is 24.3 Å². The van der Waals surface area contributed by atoms with Gasteiger partial charge in [0.2, 0.25) is 5.91 Å². The Morgan fingerprint density at radius 2 is 2.14 bits per heavy atom. The van der Waals surface area contributed by atoms with Crippen molar-refractivity contribution >= 4 is 23.4 Å². The number of nitrogens with zero attached hydrogens (tertiary/aromatic N) is 2. The number of para-hydroxylation sites is 1. The fraction of sp³-hybridized carbons (Fsp3) is 0.235. The Bertz CT molecular complexity index is 713. The van der Waals surface area contributed by atoms with Crippen LogP contribution in [0.4, 0.5) is 11.5 Å². The third kappa shape index (κ3) is 2.57. The lowest BCUT2D eigenvalue weighted by atomic mass is 10.0. The first-order chi connectivity index (χ1) is 10.7. The summed E-state index contributed by atoms with van der Waals surface area (Å²) in [5.41, 5.74) is 2.46. The molecule has 1 amide bonds. The van der Waals surface area contributed by atoms with E-state index in [-0.39, 0.29) is 18.3 Å². The highest BCUT2D eigenvalue weighted by Gasteiger charge is 2.31. The number of hydrogen-bond donors (Lipinski definition) is 0. The van der Waals surface area contributed by atoms with Gasteiger partial charge in [-0.05, 0) is 30.2 Å². The molecule has 0 fully saturated rings. The van der Waals surface area contributed by atoms with Gasteiger partial charge < -0.3 is 4.74 Å². The number of fused-ring (bicyclic) bond motifs is 1. The second kappa shape index (κ2) is 5.97. The van der Waals surface area contributed by atoms with Crippen molar-refractivity contribution in [1.82, 2.24) is 4.98 Å². The fourth-order valence-electron chi connectivity index (χ4n) is 2.68. The number of esters is 1. The molecular weight excluding hydrogens is 280 g/mol. The minimum Gasteiger partial charge on any atom is -0.466 e. The van der Waals surface area contributed by atoms with E-state index in [9.17, 15) is 9.59 Å². The number of carbonyl (C=O) groups excluding carboxylic acids is 2. The van der Waals surface area contributed by atoms with Crippen LogP contribution in [0.1, 0.15) is 18.1 Å². The summed E-state index contributed by atoms with van der Waals surface area (Å²) in [6.07, 6.45) is 2.12. The number of benzene rings is 1. The molecule has 1 aromatic carbocycles. The van der Waals surface area contributed by atoms with Crippen LogP contribution in [0, 0.1) is 0 Å². The highest BCUT2D eigenvalue weighted by molar-refractivity contribution is 6.07. The standard InChI is InChI=1S/C17H16N2O3/c1-2-22-16(21)11-13-7-5-6-12-10-15(20)19(17(12)13)14-8-3-4-9-18-14/h3-9H,2,10-11H2,1H3. The van der Waals surface area contributed by atoms with Gasteiger partial charge in [-0.2, -0.15) is 0 Å². The van der Waals surface area contributed by atoms with Crippen molar-refractivity contribution in [3.8, 4) is 0 Å². The molecule has 1 aromatic heterocycles. The Hall–Kier alpha value is -2.69. The fourth-order valence-corrected chi connectivity index (χ4v) is 2.68. The molecule has 2 heterocycles. The van der Waals surface area contributed by atoms with Gasteiger partial charge in [-0.3, -0.25) is 14.5 Å². The molecule has 2 aromatic rings. The molecular formula is C17H16N2O3. The van der Waals surface area contributed by atoms with Crippen LogP contribution in [-0.4, -0.2) is 23.5 Å². The van der Waals surface area contributed by atoms with Crippen LogP contribution in [0.3, 0.4) is 0 Å². The molecule has 22 heavy (non-hydrogen) atoms. The lowest BCUT2D eigenvalue weighted by Crippen LogP contribution is -2.23. The van der Waals surface area contributed by atoms with Crippen molar-refractivity contribution in [2.75, 3.05) is 11.5 Å². The molecule has 112 valence electrons. The van der Waals surface area contributed by atoms with Crippen molar-refractivity contribution < 1.29 is 14.3 Å². The van der Waals surface area contributed by atoms with E-state index >= 15 is 0 Å². The molecule has 0 spiro atoms. The first kappa shape index (κ1) is 14.3. The summed E-state index contributed by atoms with van der Waals surface area (Å²) in [7, 11) is 0. The Labute approximate surface area is 128 Å². The number of pyridine rings is 1. The maximum atomic E-state index is 12.4. The maximum Gasteiger partial charge on any atom is 0.310 e. The molecule has 0 bridgehead atoms. The van der Waals surface area contributed by atoms with Gasteiger partial charge in [-0.25, -0.2) is 4.98 Å². The van der Waals surface area contributed by atoms with Crippen LogP contribution in [-0.2, 0) is 27.2 Å². The Kier molecular flexibility index (Phi) is 3.87. The van der Waals surface area contributed by atoms with Gasteiger partial charge in [-0.1, -0.05) is 24.3 Å². The summed E-state index contributed by atoms with van der Waals surface area (Å²) < 4.78 is 5.02. The van der Waals surface area contributed by atoms with Gasteiger partial charge in [0.25, 0.3) is 0 Å². The summed E-state index contributed by atoms with van der Waals surface area (Å²) in [4.78, 5) is 30.0. The summed E-state index contributed by atoms with van der Waals surface area (Å²) in [5.74, 6) is 0.240. The minimum absolute atomic E-state index is 0.0370. The topological polar surface area (TPSA) is 59.5 Å². The van der Waals surface area contributed by atoms with E-state index in [0.717, 1.165) is 16.8 Å². The SMILES string of the molecule is CCOC(=O)Cc1cccc2c1N(c1ccccn1)C(=O)C2. The van der Waals surface area contributed by atoms with Crippen LogP contribution in [0.2, 0.25) is 0 Å². The second-order valence-electron chi connectivity index (χ2n) is 5.00. The van der Waals surface area contributed by atoms with E-state index in [4.69, 9.17) is 4.74 Å². The van der Waals surface area contributed by atoms with E-state index in [2.05, 4.69) is 4.98 Å². The van der Waals surface area contributed by atoms with E-state index < -0.39 is 0 Å². The average molecular weight is 296 g/mol. The minimum atomic E-state index is -0.295. The van der Waals surface area contributed by atoms with Crippen molar-refractivity contribution in [1.29, 1.82) is 0 Å².